The van der Waals surface area contributed by atoms with Crippen LogP contribution in [0.3, 0.4) is 0 Å². The van der Waals surface area contributed by atoms with E-state index < -0.39 is 0 Å². The minimum Gasteiger partial charge on any atom is -0.356 e. The van der Waals surface area contributed by atoms with E-state index in [0.717, 1.165) is 11.4 Å². The summed E-state index contributed by atoms with van der Waals surface area (Å²) in [6, 6.07) is 11.9. The van der Waals surface area contributed by atoms with Crippen molar-refractivity contribution in [2.75, 3.05) is 27.7 Å². The Morgan fingerprint density at radius 2 is 1.92 bits per heavy atom. The molecule has 0 bridgehead atoms. The molecule has 0 spiro atoms. The van der Waals surface area contributed by atoms with Gasteiger partial charge in [0, 0.05) is 40.3 Å². The van der Waals surface area contributed by atoms with Crippen molar-refractivity contribution in [1.82, 2.24) is 25.3 Å². The minimum atomic E-state index is 0. The van der Waals surface area contributed by atoms with Gasteiger partial charge in [-0.15, -0.1) is 24.0 Å². The van der Waals surface area contributed by atoms with Crippen LogP contribution in [0.4, 0.5) is 0 Å². The van der Waals surface area contributed by atoms with Gasteiger partial charge in [0.15, 0.2) is 5.96 Å². The number of hydrogen-bond donors (Lipinski definition) is 2. The number of carbonyl (C=O) groups excluding carboxylic acids is 1. The molecule has 1 aromatic carbocycles. The van der Waals surface area contributed by atoms with Crippen LogP contribution in [0.2, 0.25) is 0 Å². The van der Waals surface area contributed by atoms with Crippen LogP contribution in [-0.4, -0.2) is 54.2 Å². The molecular formula is C17H25IN6O. The van der Waals surface area contributed by atoms with E-state index in [9.17, 15) is 4.79 Å². The number of benzene rings is 1. The number of halogens is 1. The van der Waals surface area contributed by atoms with Crippen molar-refractivity contribution in [3.8, 4) is 5.69 Å². The van der Waals surface area contributed by atoms with Crippen LogP contribution in [0, 0.1) is 0 Å². The fraction of sp³-hybridized carbons (Fsp3) is 0.353. The number of rotatable bonds is 6. The van der Waals surface area contributed by atoms with E-state index >= 15 is 0 Å². The van der Waals surface area contributed by atoms with E-state index in [1.807, 2.05) is 47.3 Å². The average molecular weight is 456 g/mol. The van der Waals surface area contributed by atoms with Gasteiger partial charge < -0.3 is 15.5 Å². The second-order valence-electron chi connectivity index (χ2n) is 5.48. The molecule has 2 aromatic rings. The van der Waals surface area contributed by atoms with Crippen molar-refractivity contribution in [1.29, 1.82) is 0 Å². The van der Waals surface area contributed by atoms with Crippen molar-refractivity contribution < 1.29 is 4.79 Å². The third kappa shape index (κ3) is 6.73. The Morgan fingerprint density at radius 1 is 1.20 bits per heavy atom. The Labute approximate surface area is 165 Å². The topological polar surface area (TPSA) is 74.6 Å². The lowest BCUT2D eigenvalue weighted by atomic mass is 10.3. The molecule has 7 nitrogen and oxygen atoms in total. The van der Waals surface area contributed by atoms with E-state index in [1.165, 1.54) is 0 Å². The highest BCUT2D eigenvalue weighted by Crippen LogP contribution is 2.06. The molecule has 25 heavy (non-hydrogen) atoms. The molecule has 0 saturated carbocycles. The molecule has 8 heteroatoms. The quantitative estimate of drug-likeness (QED) is 0.394. The first-order chi connectivity index (χ1) is 11.6. The van der Waals surface area contributed by atoms with Crippen molar-refractivity contribution in [2.45, 2.75) is 13.0 Å². The van der Waals surface area contributed by atoms with Gasteiger partial charge in [-0.2, -0.15) is 5.10 Å². The summed E-state index contributed by atoms with van der Waals surface area (Å²) in [7, 11) is 5.20. The van der Waals surface area contributed by atoms with Gasteiger partial charge in [0.25, 0.3) is 0 Å². The molecular weight excluding hydrogens is 431 g/mol. The molecule has 1 heterocycles. The fourth-order valence-electron chi connectivity index (χ4n) is 2.09. The van der Waals surface area contributed by atoms with Crippen molar-refractivity contribution in [3.05, 3.63) is 48.3 Å². The number of guanidine groups is 1. The lowest BCUT2D eigenvalue weighted by Crippen LogP contribution is -2.38. The van der Waals surface area contributed by atoms with Gasteiger partial charge in [0.1, 0.15) is 0 Å². The molecule has 0 aliphatic carbocycles. The number of amides is 1. The van der Waals surface area contributed by atoms with Crippen molar-refractivity contribution >= 4 is 35.8 Å². The van der Waals surface area contributed by atoms with Crippen LogP contribution in [0.5, 0.6) is 0 Å². The normalized spacial score (nSPS) is 10.8. The summed E-state index contributed by atoms with van der Waals surface area (Å²) in [5.41, 5.74) is 1.93. The number of hydrogen-bond acceptors (Lipinski definition) is 3. The third-order valence-corrected chi connectivity index (χ3v) is 3.46. The zero-order valence-corrected chi connectivity index (χ0v) is 17.1. The standard InChI is InChI=1S/C17H24N6O.HI/c1-18-17(19-11-9-16(24)22(2)3)20-13-14-10-12-23(21-14)15-7-5-4-6-8-15;/h4-8,10,12H,9,11,13H2,1-3H3,(H2,18,19,20);1H. The van der Waals surface area contributed by atoms with E-state index in [1.54, 1.807) is 26.0 Å². The Balaban J connectivity index is 0.00000312. The van der Waals surface area contributed by atoms with Crippen LogP contribution < -0.4 is 10.6 Å². The second-order valence-corrected chi connectivity index (χ2v) is 5.48. The smallest absolute Gasteiger partial charge is 0.223 e. The van der Waals surface area contributed by atoms with Gasteiger partial charge >= 0.3 is 0 Å². The Kier molecular flexibility index (Phi) is 8.96. The maximum atomic E-state index is 11.5. The van der Waals surface area contributed by atoms with E-state index in [0.29, 0.717) is 25.5 Å². The Morgan fingerprint density at radius 3 is 2.56 bits per heavy atom. The highest BCUT2D eigenvalue weighted by atomic mass is 127. The summed E-state index contributed by atoms with van der Waals surface area (Å²) in [4.78, 5) is 17.3. The number of aliphatic imine (C=N–C) groups is 1. The molecule has 0 unspecified atom stereocenters. The van der Waals surface area contributed by atoms with Crippen LogP contribution in [0.25, 0.3) is 5.69 Å². The van der Waals surface area contributed by atoms with E-state index in [4.69, 9.17) is 0 Å². The van der Waals surface area contributed by atoms with Gasteiger partial charge in [0.2, 0.25) is 5.91 Å². The molecule has 0 aliphatic heterocycles. The highest BCUT2D eigenvalue weighted by Gasteiger charge is 2.05. The van der Waals surface area contributed by atoms with Gasteiger partial charge in [-0.3, -0.25) is 9.79 Å². The molecule has 1 aromatic heterocycles. The summed E-state index contributed by atoms with van der Waals surface area (Å²) in [5, 5.41) is 10.8. The number of nitrogens with one attached hydrogen (secondary N) is 2. The minimum absolute atomic E-state index is 0. The third-order valence-electron chi connectivity index (χ3n) is 3.46. The van der Waals surface area contributed by atoms with Crippen molar-refractivity contribution in [3.63, 3.8) is 0 Å². The van der Waals surface area contributed by atoms with Gasteiger partial charge in [-0.05, 0) is 18.2 Å². The summed E-state index contributed by atoms with van der Waals surface area (Å²) >= 11 is 0. The number of aromatic nitrogens is 2. The first kappa shape index (κ1) is 20.9. The summed E-state index contributed by atoms with van der Waals surface area (Å²) in [6.45, 7) is 1.09. The molecule has 0 atom stereocenters. The number of para-hydroxylation sites is 1. The van der Waals surface area contributed by atoms with E-state index in [2.05, 4.69) is 20.7 Å². The largest absolute Gasteiger partial charge is 0.356 e. The van der Waals surface area contributed by atoms with Crippen LogP contribution in [0.1, 0.15) is 12.1 Å². The maximum absolute atomic E-state index is 11.5. The molecule has 136 valence electrons. The zero-order valence-electron chi connectivity index (χ0n) is 14.8. The lowest BCUT2D eigenvalue weighted by molar-refractivity contribution is -0.128. The fourth-order valence-corrected chi connectivity index (χ4v) is 2.09. The molecule has 0 saturated heterocycles. The van der Waals surface area contributed by atoms with Crippen molar-refractivity contribution in [2.24, 2.45) is 4.99 Å². The van der Waals surface area contributed by atoms with Gasteiger partial charge in [-0.1, -0.05) is 18.2 Å². The average Bonchev–Trinajstić information content (AvgIpc) is 3.07. The lowest BCUT2D eigenvalue weighted by Gasteiger charge is -2.13. The first-order valence-electron chi connectivity index (χ1n) is 7.85. The molecule has 1 amide bonds. The predicted molar refractivity (Wildman–Crippen MR) is 110 cm³/mol. The van der Waals surface area contributed by atoms with Gasteiger partial charge in [0.05, 0.1) is 17.9 Å². The van der Waals surface area contributed by atoms with Crippen LogP contribution >= 0.6 is 24.0 Å². The molecule has 0 aliphatic rings. The highest BCUT2D eigenvalue weighted by molar-refractivity contribution is 14.0. The van der Waals surface area contributed by atoms with E-state index in [-0.39, 0.29) is 29.9 Å². The first-order valence-corrected chi connectivity index (χ1v) is 7.85. The maximum Gasteiger partial charge on any atom is 0.223 e. The van der Waals surface area contributed by atoms with Crippen LogP contribution in [-0.2, 0) is 11.3 Å². The number of nitrogens with zero attached hydrogens (tertiary/aromatic N) is 4. The zero-order chi connectivity index (χ0) is 17.4. The monoisotopic (exact) mass is 456 g/mol. The second kappa shape index (κ2) is 10.7. The molecule has 0 radical (unpaired) electrons. The summed E-state index contributed by atoms with van der Waals surface area (Å²) in [5.74, 6) is 0.732. The predicted octanol–water partition coefficient (Wildman–Crippen LogP) is 1.63. The van der Waals surface area contributed by atoms with Gasteiger partial charge in [-0.25, -0.2) is 4.68 Å². The number of carbonyl (C=O) groups is 1. The molecule has 2 rings (SSSR count). The molecule has 0 fully saturated rings. The SMILES string of the molecule is CN=C(NCCC(=O)N(C)C)NCc1ccn(-c2ccccc2)n1.I. The van der Waals surface area contributed by atoms with Crippen LogP contribution in [0.15, 0.2) is 47.6 Å². The summed E-state index contributed by atoms with van der Waals surface area (Å²) < 4.78 is 1.84. The summed E-state index contributed by atoms with van der Waals surface area (Å²) in [6.07, 6.45) is 2.36. The Hall–Kier alpha value is -2.10. The molecule has 2 N–H and O–H groups in total. The Bertz CT molecular complexity index is 683.